The summed E-state index contributed by atoms with van der Waals surface area (Å²) in [6.45, 7) is 2.22. The molecular weight excluding hydrogens is 356 g/mol. The molecule has 1 aliphatic rings. The smallest absolute Gasteiger partial charge is 0.234 e. The monoisotopic (exact) mass is 374 g/mol. The molecule has 1 heterocycles. The molecule has 0 radical (unpaired) electrons. The molecule has 1 amide bonds. The van der Waals surface area contributed by atoms with Crippen molar-refractivity contribution in [3.8, 4) is 5.75 Å². The Hall–Kier alpha value is -1.85. The van der Waals surface area contributed by atoms with Crippen molar-refractivity contribution in [2.75, 3.05) is 6.54 Å². The van der Waals surface area contributed by atoms with Gasteiger partial charge < -0.3 is 10.5 Å². The van der Waals surface area contributed by atoms with Gasteiger partial charge in [-0.25, -0.2) is 0 Å². The van der Waals surface area contributed by atoms with Gasteiger partial charge in [-0.3, -0.25) is 9.69 Å². The Morgan fingerprint density at radius 1 is 1.13 bits per heavy atom. The van der Waals surface area contributed by atoms with Crippen LogP contribution in [0.1, 0.15) is 17.5 Å². The number of likely N-dealkylation sites (tertiary alicyclic amines) is 1. The number of nitrogens with zero attached hydrogens (tertiary/aromatic N) is 1. The van der Waals surface area contributed by atoms with E-state index >= 15 is 0 Å². The number of nitrogens with two attached hydrogens (primary N) is 1. The van der Waals surface area contributed by atoms with E-state index in [1.54, 1.807) is 0 Å². The summed E-state index contributed by atoms with van der Waals surface area (Å²) in [5.41, 5.74) is 7.65. The number of benzene rings is 2. The van der Waals surface area contributed by atoms with Crippen LogP contribution in [0.2, 0.25) is 0 Å². The highest BCUT2D eigenvalue weighted by Gasteiger charge is 2.32. The number of amides is 1. The van der Waals surface area contributed by atoms with Gasteiger partial charge in [0.05, 0.1) is 6.04 Å². The van der Waals surface area contributed by atoms with Crippen LogP contribution in [-0.2, 0) is 17.9 Å². The van der Waals surface area contributed by atoms with Crippen LogP contribution < -0.4 is 10.5 Å². The molecule has 120 valence electrons. The number of hydrogen-bond acceptors (Lipinski definition) is 3. The molecule has 1 atom stereocenters. The third-order valence-corrected chi connectivity index (χ3v) is 4.62. The summed E-state index contributed by atoms with van der Waals surface area (Å²) in [7, 11) is 0. The van der Waals surface area contributed by atoms with E-state index in [9.17, 15) is 4.79 Å². The summed E-state index contributed by atoms with van der Waals surface area (Å²) < 4.78 is 6.85. The molecule has 0 spiro atoms. The predicted molar refractivity (Wildman–Crippen MR) is 92.9 cm³/mol. The molecule has 2 aromatic rings. The van der Waals surface area contributed by atoms with Crippen molar-refractivity contribution in [1.29, 1.82) is 0 Å². The predicted octanol–water partition coefficient (Wildman–Crippen LogP) is 3.09. The largest absolute Gasteiger partial charge is 0.489 e. The van der Waals surface area contributed by atoms with E-state index in [4.69, 9.17) is 10.5 Å². The quantitative estimate of drug-likeness (QED) is 0.844. The van der Waals surface area contributed by atoms with Crippen molar-refractivity contribution in [2.45, 2.75) is 25.6 Å². The summed E-state index contributed by atoms with van der Waals surface area (Å²) in [5.74, 6) is 0.609. The van der Waals surface area contributed by atoms with Crippen LogP contribution in [0, 0.1) is 0 Å². The summed E-state index contributed by atoms with van der Waals surface area (Å²) >= 11 is 3.42. The van der Waals surface area contributed by atoms with Gasteiger partial charge in [-0.05, 0) is 41.8 Å². The van der Waals surface area contributed by atoms with Crippen LogP contribution in [0.3, 0.4) is 0 Å². The Morgan fingerprint density at radius 3 is 2.35 bits per heavy atom. The van der Waals surface area contributed by atoms with Gasteiger partial charge in [-0.1, -0.05) is 40.2 Å². The lowest BCUT2D eigenvalue weighted by atomic mass is 10.0. The topological polar surface area (TPSA) is 55.6 Å². The Balaban J connectivity index is 1.53. The van der Waals surface area contributed by atoms with Gasteiger partial charge in [0.2, 0.25) is 5.91 Å². The third-order valence-electron chi connectivity index (χ3n) is 4.09. The molecule has 3 rings (SSSR count). The second-order valence-corrected chi connectivity index (χ2v) is 6.65. The molecule has 1 aliphatic heterocycles. The molecule has 2 aromatic carbocycles. The number of ether oxygens (including phenoxy) is 1. The van der Waals surface area contributed by atoms with E-state index in [-0.39, 0.29) is 11.9 Å². The van der Waals surface area contributed by atoms with Crippen LogP contribution in [0.5, 0.6) is 5.75 Å². The van der Waals surface area contributed by atoms with Crippen LogP contribution in [-0.4, -0.2) is 23.4 Å². The number of rotatable bonds is 6. The standard InChI is InChI=1S/C18H19BrN2O2/c19-15-5-1-14(2-6-15)12-23-16-7-3-13(4-8-16)11-21-10-9-17(21)18(20)22/h1-8,17H,9-12H2,(H2,20,22)/t17-/m0/s1. The van der Waals surface area contributed by atoms with E-state index in [2.05, 4.69) is 20.8 Å². The van der Waals surface area contributed by atoms with Gasteiger partial charge in [-0.15, -0.1) is 0 Å². The van der Waals surface area contributed by atoms with Crippen molar-refractivity contribution < 1.29 is 9.53 Å². The fraction of sp³-hybridized carbons (Fsp3) is 0.278. The van der Waals surface area contributed by atoms with E-state index in [1.807, 2.05) is 48.5 Å². The van der Waals surface area contributed by atoms with E-state index in [1.165, 1.54) is 0 Å². The van der Waals surface area contributed by atoms with Crippen molar-refractivity contribution in [3.05, 3.63) is 64.1 Å². The zero-order valence-corrected chi connectivity index (χ0v) is 14.3. The lowest BCUT2D eigenvalue weighted by Crippen LogP contribution is -2.54. The van der Waals surface area contributed by atoms with Crippen LogP contribution in [0.4, 0.5) is 0 Å². The molecule has 5 heteroatoms. The summed E-state index contributed by atoms with van der Waals surface area (Å²) in [4.78, 5) is 13.3. The first-order valence-corrected chi connectivity index (χ1v) is 8.40. The highest BCUT2D eigenvalue weighted by Crippen LogP contribution is 2.22. The number of hydrogen-bond donors (Lipinski definition) is 1. The van der Waals surface area contributed by atoms with Gasteiger partial charge in [0.1, 0.15) is 12.4 Å². The van der Waals surface area contributed by atoms with Crippen molar-refractivity contribution in [1.82, 2.24) is 4.90 Å². The first kappa shape index (κ1) is 16.0. The van der Waals surface area contributed by atoms with Gasteiger partial charge in [0.25, 0.3) is 0 Å². The maximum atomic E-state index is 11.2. The second kappa shape index (κ2) is 7.15. The Morgan fingerprint density at radius 2 is 1.78 bits per heavy atom. The highest BCUT2D eigenvalue weighted by molar-refractivity contribution is 9.10. The van der Waals surface area contributed by atoms with Gasteiger partial charge >= 0.3 is 0 Å². The van der Waals surface area contributed by atoms with Crippen molar-refractivity contribution >= 4 is 21.8 Å². The maximum Gasteiger partial charge on any atom is 0.234 e. The van der Waals surface area contributed by atoms with E-state index < -0.39 is 0 Å². The molecular formula is C18H19BrN2O2. The minimum Gasteiger partial charge on any atom is -0.489 e. The van der Waals surface area contributed by atoms with Crippen LogP contribution in [0.25, 0.3) is 0 Å². The number of halogens is 1. The fourth-order valence-corrected chi connectivity index (χ4v) is 2.89. The summed E-state index contributed by atoms with van der Waals surface area (Å²) in [6.07, 6.45) is 0.865. The van der Waals surface area contributed by atoms with Crippen molar-refractivity contribution in [3.63, 3.8) is 0 Å². The van der Waals surface area contributed by atoms with E-state index in [0.29, 0.717) is 6.61 Å². The molecule has 0 aliphatic carbocycles. The molecule has 23 heavy (non-hydrogen) atoms. The molecule has 2 N–H and O–H groups in total. The van der Waals surface area contributed by atoms with Crippen LogP contribution in [0.15, 0.2) is 53.0 Å². The average Bonchev–Trinajstić information content (AvgIpc) is 2.51. The molecule has 0 bridgehead atoms. The lowest BCUT2D eigenvalue weighted by molar-refractivity contribution is -0.127. The fourth-order valence-electron chi connectivity index (χ4n) is 2.63. The summed E-state index contributed by atoms with van der Waals surface area (Å²) in [6, 6.07) is 16.0. The minimum atomic E-state index is -0.231. The Bertz CT molecular complexity index is 670. The van der Waals surface area contributed by atoms with E-state index in [0.717, 1.165) is 40.9 Å². The molecule has 0 unspecified atom stereocenters. The number of carbonyl (C=O) groups is 1. The summed E-state index contributed by atoms with van der Waals surface area (Å²) in [5, 5.41) is 0. The van der Waals surface area contributed by atoms with Gasteiger partial charge in [0, 0.05) is 17.6 Å². The lowest BCUT2D eigenvalue weighted by Gasteiger charge is -2.38. The molecule has 0 saturated carbocycles. The first-order valence-electron chi connectivity index (χ1n) is 7.61. The minimum absolute atomic E-state index is 0.108. The molecule has 1 saturated heterocycles. The second-order valence-electron chi connectivity index (χ2n) is 5.74. The number of carbonyl (C=O) groups excluding carboxylic acids is 1. The third kappa shape index (κ3) is 4.12. The average molecular weight is 375 g/mol. The van der Waals surface area contributed by atoms with Crippen LogP contribution >= 0.6 is 15.9 Å². The maximum absolute atomic E-state index is 11.2. The first-order chi connectivity index (χ1) is 11.1. The molecule has 0 aromatic heterocycles. The SMILES string of the molecule is NC(=O)[C@@H]1CCN1Cc1ccc(OCc2ccc(Br)cc2)cc1. The zero-order chi connectivity index (χ0) is 16.2. The van der Waals surface area contributed by atoms with Gasteiger partial charge in [-0.2, -0.15) is 0 Å². The zero-order valence-electron chi connectivity index (χ0n) is 12.7. The van der Waals surface area contributed by atoms with Gasteiger partial charge in [0.15, 0.2) is 0 Å². The number of primary amides is 1. The normalized spacial score (nSPS) is 17.5. The molecule has 4 nitrogen and oxygen atoms in total. The molecule has 1 fully saturated rings. The highest BCUT2D eigenvalue weighted by atomic mass is 79.9. The Labute approximate surface area is 144 Å². The van der Waals surface area contributed by atoms with Crippen molar-refractivity contribution in [2.24, 2.45) is 5.73 Å². The Kier molecular flexibility index (Phi) is 4.98.